The van der Waals surface area contributed by atoms with Crippen molar-refractivity contribution in [3.63, 3.8) is 0 Å². The standard InChI is InChI=1S/C29H30N4O6S2/c1-17(2)14-15-29(3)22-7-5-4-6-21(22)26(34)25(27(29)35)28-31-23-13-10-19(16-24(23)41(38,39)33-28)32-40(36,37)20-11-8-18(30)9-12-20/h4-13,16-17,32,34H,14-15,30H2,1-3H3,(H,31,33). The van der Waals surface area contributed by atoms with Crippen LogP contribution in [-0.4, -0.2) is 33.6 Å². The molecule has 5 rings (SSSR count). The Kier molecular flexibility index (Phi) is 6.94. The second-order valence-corrected chi connectivity index (χ2v) is 14.0. The van der Waals surface area contributed by atoms with Gasteiger partial charge in [-0.05, 0) is 73.7 Å². The molecule has 3 aromatic carbocycles. The smallest absolute Gasteiger partial charge is 0.286 e. The van der Waals surface area contributed by atoms with Gasteiger partial charge in [0.15, 0.2) is 11.6 Å². The first-order valence-corrected chi connectivity index (χ1v) is 15.9. The molecule has 1 aliphatic carbocycles. The van der Waals surface area contributed by atoms with E-state index in [0.29, 0.717) is 29.2 Å². The second kappa shape index (κ2) is 10.0. The summed E-state index contributed by atoms with van der Waals surface area (Å²) in [5.74, 6) is -0.767. The zero-order valence-electron chi connectivity index (χ0n) is 22.7. The van der Waals surface area contributed by atoms with Crippen molar-refractivity contribution in [3.8, 4) is 0 Å². The lowest BCUT2D eigenvalue weighted by atomic mass is 9.66. The van der Waals surface area contributed by atoms with Crippen LogP contribution in [0.3, 0.4) is 0 Å². The number of sulfonamides is 2. The Morgan fingerprint density at radius 3 is 2.44 bits per heavy atom. The van der Waals surface area contributed by atoms with Gasteiger partial charge in [-0.25, -0.2) is 8.42 Å². The number of ketones is 1. The van der Waals surface area contributed by atoms with Crippen LogP contribution < -0.4 is 15.8 Å². The molecule has 214 valence electrons. The van der Waals surface area contributed by atoms with E-state index in [-0.39, 0.29) is 38.3 Å². The van der Waals surface area contributed by atoms with Crippen molar-refractivity contribution in [2.45, 2.75) is 48.8 Å². The minimum atomic E-state index is -4.40. The lowest BCUT2D eigenvalue weighted by Gasteiger charge is -2.36. The molecule has 2 aliphatic rings. The number of anilines is 3. The Morgan fingerprint density at radius 2 is 1.76 bits per heavy atom. The Bertz CT molecular complexity index is 1850. The summed E-state index contributed by atoms with van der Waals surface area (Å²) in [4.78, 5) is 13.7. The number of nitrogens with zero attached hydrogens (tertiary/aromatic N) is 1. The summed E-state index contributed by atoms with van der Waals surface area (Å²) in [6, 6.07) is 16.5. The van der Waals surface area contributed by atoms with Crippen molar-refractivity contribution in [1.82, 2.24) is 0 Å². The molecular formula is C29H30N4O6S2. The maximum absolute atomic E-state index is 14.0. The maximum atomic E-state index is 14.0. The molecule has 1 aliphatic heterocycles. The van der Waals surface area contributed by atoms with E-state index in [1.807, 2.05) is 0 Å². The van der Waals surface area contributed by atoms with E-state index in [0.717, 1.165) is 12.5 Å². The summed E-state index contributed by atoms with van der Waals surface area (Å²) in [5, 5.41) is 14.1. The van der Waals surface area contributed by atoms with Crippen LogP contribution in [0.4, 0.5) is 17.1 Å². The molecule has 0 radical (unpaired) electrons. The van der Waals surface area contributed by atoms with Crippen LogP contribution in [0.25, 0.3) is 5.76 Å². The third-order valence-electron chi connectivity index (χ3n) is 7.37. The van der Waals surface area contributed by atoms with E-state index in [4.69, 9.17) is 5.73 Å². The zero-order valence-corrected chi connectivity index (χ0v) is 24.3. The van der Waals surface area contributed by atoms with Crippen molar-refractivity contribution in [1.29, 1.82) is 0 Å². The minimum Gasteiger partial charge on any atom is -0.506 e. The molecule has 5 N–H and O–H groups in total. The maximum Gasteiger partial charge on any atom is 0.286 e. The number of nitrogens with two attached hydrogens (primary N) is 1. The predicted octanol–water partition coefficient (Wildman–Crippen LogP) is 4.83. The number of nitrogen functional groups attached to an aromatic ring is 1. The van der Waals surface area contributed by atoms with Crippen molar-refractivity contribution in [2.24, 2.45) is 10.3 Å². The fraction of sp³-hybridized carbons (Fsp3) is 0.241. The summed E-state index contributed by atoms with van der Waals surface area (Å²) in [7, 11) is -8.43. The van der Waals surface area contributed by atoms with E-state index < -0.39 is 31.2 Å². The molecule has 0 saturated heterocycles. The van der Waals surface area contributed by atoms with E-state index >= 15 is 0 Å². The highest BCUT2D eigenvalue weighted by atomic mass is 32.2. The Labute approximate surface area is 239 Å². The van der Waals surface area contributed by atoms with Crippen LogP contribution in [0.15, 0.2) is 86.5 Å². The lowest BCUT2D eigenvalue weighted by Crippen LogP contribution is -2.42. The van der Waals surface area contributed by atoms with Gasteiger partial charge in [0.05, 0.1) is 21.7 Å². The number of fused-ring (bicyclic) bond motifs is 2. The van der Waals surface area contributed by atoms with E-state index in [2.05, 4.69) is 28.3 Å². The topological polar surface area (TPSA) is 168 Å². The van der Waals surface area contributed by atoms with Gasteiger partial charge in [-0.2, -0.15) is 8.42 Å². The van der Waals surface area contributed by atoms with E-state index in [1.54, 1.807) is 31.2 Å². The average molecular weight is 595 g/mol. The number of Topliss-reactive ketones (excluding diaryl/α,β-unsaturated/α-hetero) is 1. The molecule has 1 heterocycles. The minimum absolute atomic E-state index is 0.00408. The molecule has 0 bridgehead atoms. The van der Waals surface area contributed by atoms with Crippen LogP contribution in [-0.2, 0) is 30.3 Å². The van der Waals surface area contributed by atoms with Crippen molar-refractivity contribution in [3.05, 3.63) is 83.4 Å². The van der Waals surface area contributed by atoms with Crippen molar-refractivity contribution < 1.29 is 26.7 Å². The van der Waals surface area contributed by atoms with E-state index in [1.165, 1.54) is 36.4 Å². The molecule has 1 unspecified atom stereocenters. The number of nitrogens with one attached hydrogen (secondary N) is 2. The molecular weight excluding hydrogens is 564 g/mol. The van der Waals surface area contributed by atoms with Crippen LogP contribution in [0.1, 0.15) is 44.7 Å². The molecule has 3 aromatic rings. The van der Waals surface area contributed by atoms with E-state index in [9.17, 15) is 26.7 Å². The number of hydrogen-bond donors (Lipinski definition) is 4. The fourth-order valence-corrected chi connectivity index (χ4v) is 7.25. The summed E-state index contributed by atoms with van der Waals surface area (Å²) in [5.41, 5.74) is 5.99. The van der Waals surface area contributed by atoms with Crippen molar-refractivity contribution in [2.75, 3.05) is 15.8 Å². The third-order valence-corrected chi connectivity index (χ3v) is 10.1. The number of carbonyl (C=O) groups is 1. The Hall–Kier alpha value is -4.16. The molecule has 41 heavy (non-hydrogen) atoms. The molecule has 0 amide bonds. The molecule has 0 saturated carbocycles. The first-order chi connectivity index (χ1) is 19.2. The van der Waals surface area contributed by atoms with Gasteiger partial charge >= 0.3 is 0 Å². The molecule has 12 heteroatoms. The highest BCUT2D eigenvalue weighted by Crippen LogP contribution is 2.44. The first-order valence-electron chi connectivity index (χ1n) is 13.0. The second-order valence-electron chi connectivity index (χ2n) is 10.8. The van der Waals surface area contributed by atoms with Gasteiger partial charge in [-0.1, -0.05) is 38.1 Å². The largest absolute Gasteiger partial charge is 0.506 e. The zero-order chi connectivity index (χ0) is 29.7. The van der Waals surface area contributed by atoms with Crippen LogP contribution in [0.2, 0.25) is 0 Å². The van der Waals surface area contributed by atoms with Gasteiger partial charge < -0.3 is 16.2 Å². The van der Waals surface area contributed by atoms with Gasteiger partial charge in [0, 0.05) is 11.3 Å². The Morgan fingerprint density at radius 1 is 1.07 bits per heavy atom. The number of aliphatic hydroxyl groups is 1. The molecule has 10 nitrogen and oxygen atoms in total. The molecule has 1 atom stereocenters. The summed E-state index contributed by atoms with van der Waals surface area (Å²) in [6.07, 6.45) is 1.23. The normalized spacial score (nSPS) is 19.7. The summed E-state index contributed by atoms with van der Waals surface area (Å²) in [6.45, 7) is 5.91. The van der Waals surface area contributed by atoms with Gasteiger partial charge in [0.25, 0.3) is 20.0 Å². The molecule has 0 spiro atoms. The van der Waals surface area contributed by atoms with Crippen LogP contribution in [0.5, 0.6) is 0 Å². The number of carbonyl (C=O) groups excluding carboxylic acids is 1. The van der Waals surface area contributed by atoms with Gasteiger partial charge in [-0.3, -0.25) is 9.52 Å². The number of aliphatic hydroxyl groups excluding tert-OH is 1. The third kappa shape index (κ3) is 5.08. The highest BCUT2D eigenvalue weighted by molar-refractivity contribution is 7.92. The summed E-state index contributed by atoms with van der Waals surface area (Å²) >= 11 is 0. The molecule has 0 aromatic heterocycles. The molecule has 0 fully saturated rings. The predicted molar refractivity (Wildman–Crippen MR) is 159 cm³/mol. The van der Waals surface area contributed by atoms with Crippen molar-refractivity contribution >= 4 is 54.5 Å². The van der Waals surface area contributed by atoms with Crippen LogP contribution >= 0.6 is 0 Å². The van der Waals surface area contributed by atoms with Gasteiger partial charge in [0.1, 0.15) is 16.2 Å². The summed E-state index contributed by atoms with van der Waals surface area (Å²) < 4.78 is 58.6. The number of rotatable bonds is 7. The monoisotopic (exact) mass is 594 g/mol. The first kappa shape index (κ1) is 28.4. The Balaban J connectivity index is 1.53. The lowest BCUT2D eigenvalue weighted by molar-refractivity contribution is -0.120. The van der Waals surface area contributed by atoms with Gasteiger partial charge in [-0.15, -0.1) is 4.40 Å². The van der Waals surface area contributed by atoms with Gasteiger partial charge in [0.2, 0.25) is 0 Å². The fourth-order valence-electron chi connectivity index (χ4n) is 5.05. The average Bonchev–Trinajstić information content (AvgIpc) is 2.91. The SMILES string of the molecule is CC(C)CCC1(C)C(=O)C(C2=NS(=O)(=O)c3cc(NS(=O)(=O)c4ccc(N)cc4)ccc3N2)=C(O)c2ccccc21. The highest BCUT2D eigenvalue weighted by Gasteiger charge is 2.46. The quantitative estimate of drug-likeness (QED) is 0.282. The number of hydrogen-bond acceptors (Lipinski definition) is 8. The number of benzene rings is 3. The van der Waals surface area contributed by atoms with Crippen LogP contribution in [0, 0.1) is 5.92 Å². The number of amidine groups is 1.